The summed E-state index contributed by atoms with van der Waals surface area (Å²) in [5, 5.41) is 0. The molecule has 2 unspecified atom stereocenters. The fourth-order valence-electron chi connectivity index (χ4n) is 5.95. The summed E-state index contributed by atoms with van der Waals surface area (Å²) in [6.45, 7) is 14.5. The van der Waals surface area contributed by atoms with E-state index in [1.807, 2.05) is 41.5 Å². The molecular weight excluding hydrogens is 372 g/mol. The van der Waals surface area contributed by atoms with Crippen molar-refractivity contribution in [3.8, 4) is 0 Å². The average Bonchev–Trinajstić information content (AvgIpc) is 2.49. The molecule has 0 N–H and O–H groups in total. The maximum atomic E-state index is 13.3. The molecular formula is C23H34O6. The summed E-state index contributed by atoms with van der Waals surface area (Å²) < 4.78 is 17.4. The molecule has 4 rings (SSSR count). The van der Waals surface area contributed by atoms with E-state index in [4.69, 9.17) is 14.2 Å². The van der Waals surface area contributed by atoms with E-state index >= 15 is 0 Å². The molecule has 2 atom stereocenters. The molecule has 0 aliphatic heterocycles. The summed E-state index contributed by atoms with van der Waals surface area (Å²) >= 11 is 0. The topological polar surface area (TPSA) is 78.9 Å². The Kier molecular flexibility index (Phi) is 4.96. The maximum Gasteiger partial charge on any atom is 0.330 e. The van der Waals surface area contributed by atoms with Crippen LogP contribution >= 0.6 is 0 Å². The van der Waals surface area contributed by atoms with Crippen molar-refractivity contribution in [1.82, 2.24) is 0 Å². The molecule has 4 fully saturated rings. The molecule has 162 valence electrons. The Morgan fingerprint density at radius 1 is 0.828 bits per heavy atom. The van der Waals surface area contributed by atoms with Crippen LogP contribution in [-0.2, 0) is 28.6 Å². The van der Waals surface area contributed by atoms with Gasteiger partial charge in [-0.25, -0.2) is 4.79 Å². The van der Waals surface area contributed by atoms with E-state index in [-0.39, 0.29) is 17.9 Å². The van der Waals surface area contributed by atoms with Crippen molar-refractivity contribution in [2.45, 2.75) is 96.9 Å². The number of hydrogen-bond acceptors (Lipinski definition) is 6. The van der Waals surface area contributed by atoms with Gasteiger partial charge in [-0.15, -0.1) is 0 Å². The third-order valence-corrected chi connectivity index (χ3v) is 6.16. The molecule has 0 amide bonds. The highest BCUT2D eigenvalue weighted by atomic mass is 16.6. The van der Waals surface area contributed by atoms with E-state index in [1.165, 1.54) is 0 Å². The molecule has 0 heterocycles. The van der Waals surface area contributed by atoms with E-state index in [0.29, 0.717) is 38.5 Å². The lowest BCUT2D eigenvalue weighted by atomic mass is 9.42. The molecule has 0 saturated heterocycles. The zero-order chi connectivity index (χ0) is 21.9. The molecule has 0 spiro atoms. The van der Waals surface area contributed by atoms with Crippen LogP contribution in [0.4, 0.5) is 0 Å². The highest BCUT2D eigenvalue weighted by Crippen LogP contribution is 2.68. The van der Waals surface area contributed by atoms with Crippen molar-refractivity contribution in [3.05, 3.63) is 12.7 Å². The first kappa shape index (κ1) is 21.8. The van der Waals surface area contributed by atoms with Gasteiger partial charge in [-0.2, -0.15) is 0 Å². The molecule has 4 aliphatic rings. The predicted molar refractivity (Wildman–Crippen MR) is 107 cm³/mol. The number of ether oxygens (including phenoxy) is 3. The third kappa shape index (κ3) is 4.22. The predicted octanol–water partition coefficient (Wildman–Crippen LogP) is 4.11. The van der Waals surface area contributed by atoms with Crippen LogP contribution in [0, 0.1) is 16.7 Å². The fourth-order valence-corrected chi connectivity index (χ4v) is 5.95. The van der Waals surface area contributed by atoms with E-state index in [0.717, 1.165) is 6.08 Å². The van der Waals surface area contributed by atoms with Crippen molar-refractivity contribution in [2.75, 3.05) is 0 Å². The van der Waals surface area contributed by atoms with Crippen LogP contribution in [0.1, 0.15) is 80.1 Å². The minimum absolute atomic E-state index is 0.101. The van der Waals surface area contributed by atoms with Crippen LogP contribution in [0.25, 0.3) is 0 Å². The molecule has 4 aliphatic carbocycles. The first-order valence-electron chi connectivity index (χ1n) is 10.4. The molecule has 29 heavy (non-hydrogen) atoms. The Hall–Kier alpha value is -1.85. The van der Waals surface area contributed by atoms with Gasteiger partial charge >= 0.3 is 17.9 Å². The van der Waals surface area contributed by atoms with Gasteiger partial charge in [0.2, 0.25) is 0 Å². The Bertz CT molecular complexity index is 693. The highest BCUT2D eigenvalue weighted by molar-refractivity contribution is 5.85. The number of carbonyl (C=O) groups is 3. The van der Waals surface area contributed by atoms with E-state index in [2.05, 4.69) is 6.58 Å². The van der Waals surface area contributed by atoms with Gasteiger partial charge in [0.1, 0.15) is 16.8 Å². The van der Waals surface area contributed by atoms with Gasteiger partial charge in [0.25, 0.3) is 0 Å². The van der Waals surface area contributed by atoms with Gasteiger partial charge in [-0.3, -0.25) is 9.59 Å². The zero-order valence-electron chi connectivity index (χ0n) is 18.6. The maximum absolute atomic E-state index is 13.3. The molecule has 0 radical (unpaired) electrons. The molecule has 6 heteroatoms. The lowest BCUT2D eigenvalue weighted by Gasteiger charge is -2.63. The van der Waals surface area contributed by atoms with Crippen LogP contribution in [0.2, 0.25) is 0 Å². The summed E-state index contributed by atoms with van der Waals surface area (Å²) in [5.74, 6) is -1.03. The zero-order valence-corrected chi connectivity index (χ0v) is 18.6. The smallest absolute Gasteiger partial charge is 0.330 e. The van der Waals surface area contributed by atoms with Crippen LogP contribution < -0.4 is 0 Å². The average molecular weight is 407 g/mol. The standard InChI is InChI=1S/C23H34O6/c1-8-16(24)27-23-11-15-9-21(13-23,17(25)28-19(2,3)4)12-22(10-15,14-23)18(26)29-20(5,6)7/h8,15H,1,9-14H2,2-7H3. The minimum Gasteiger partial charge on any atom is -0.460 e. The quantitative estimate of drug-likeness (QED) is 0.397. The first-order valence-corrected chi connectivity index (χ1v) is 10.4. The first-order chi connectivity index (χ1) is 13.1. The molecule has 0 aromatic rings. The second kappa shape index (κ2) is 6.58. The lowest BCUT2D eigenvalue weighted by molar-refractivity contribution is -0.239. The number of hydrogen-bond donors (Lipinski definition) is 0. The largest absolute Gasteiger partial charge is 0.460 e. The van der Waals surface area contributed by atoms with Crippen LogP contribution in [-0.4, -0.2) is 34.7 Å². The van der Waals surface area contributed by atoms with E-state index < -0.39 is 33.6 Å². The molecule has 4 bridgehead atoms. The van der Waals surface area contributed by atoms with E-state index in [1.54, 1.807) is 0 Å². The van der Waals surface area contributed by atoms with Crippen molar-refractivity contribution in [3.63, 3.8) is 0 Å². The van der Waals surface area contributed by atoms with Crippen molar-refractivity contribution < 1.29 is 28.6 Å². The summed E-state index contributed by atoms with van der Waals surface area (Å²) in [6, 6.07) is 0. The summed E-state index contributed by atoms with van der Waals surface area (Å²) in [7, 11) is 0. The molecule has 0 aromatic carbocycles. The van der Waals surface area contributed by atoms with Gasteiger partial charge in [0, 0.05) is 18.9 Å². The Morgan fingerprint density at radius 2 is 1.28 bits per heavy atom. The van der Waals surface area contributed by atoms with E-state index in [9.17, 15) is 14.4 Å². The summed E-state index contributed by atoms with van der Waals surface area (Å²) in [4.78, 5) is 38.8. The Balaban J connectivity index is 2.02. The van der Waals surface area contributed by atoms with Gasteiger partial charge in [-0.1, -0.05) is 6.58 Å². The lowest BCUT2D eigenvalue weighted by Crippen LogP contribution is -2.66. The fraction of sp³-hybridized carbons (Fsp3) is 0.783. The van der Waals surface area contributed by atoms with Gasteiger partial charge in [-0.05, 0) is 73.1 Å². The summed E-state index contributed by atoms with van der Waals surface area (Å²) in [6.07, 6.45) is 4.25. The monoisotopic (exact) mass is 406 g/mol. The van der Waals surface area contributed by atoms with Crippen LogP contribution in [0.3, 0.4) is 0 Å². The number of carbonyl (C=O) groups excluding carboxylic acids is 3. The molecule has 4 saturated carbocycles. The van der Waals surface area contributed by atoms with Crippen molar-refractivity contribution >= 4 is 17.9 Å². The van der Waals surface area contributed by atoms with Crippen LogP contribution in [0.5, 0.6) is 0 Å². The highest BCUT2D eigenvalue weighted by Gasteiger charge is 2.70. The van der Waals surface area contributed by atoms with Crippen molar-refractivity contribution in [2.24, 2.45) is 16.7 Å². The Morgan fingerprint density at radius 3 is 1.66 bits per heavy atom. The normalized spacial score (nSPS) is 35.7. The second-order valence-corrected chi connectivity index (χ2v) is 11.4. The second-order valence-electron chi connectivity index (χ2n) is 11.4. The van der Waals surface area contributed by atoms with Gasteiger partial charge in [0.15, 0.2) is 0 Å². The Labute approximate surface area is 173 Å². The SMILES string of the molecule is C=CC(=O)OC12CC3CC(C(=O)OC(C)(C)C)(C1)CC(C(=O)OC(C)(C)C)(C3)C2. The van der Waals surface area contributed by atoms with Gasteiger partial charge in [0.05, 0.1) is 10.8 Å². The minimum atomic E-state index is -0.863. The van der Waals surface area contributed by atoms with Crippen molar-refractivity contribution in [1.29, 1.82) is 0 Å². The van der Waals surface area contributed by atoms with Crippen LogP contribution in [0.15, 0.2) is 12.7 Å². The third-order valence-electron chi connectivity index (χ3n) is 6.16. The summed E-state index contributed by atoms with van der Waals surface area (Å²) in [5.41, 5.74) is -3.82. The molecule has 0 aromatic heterocycles. The molecule has 6 nitrogen and oxygen atoms in total. The number of rotatable bonds is 4. The number of esters is 3. The van der Waals surface area contributed by atoms with Gasteiger partial charge < -0.3 is 14.2 Å².